The summed E-state index contributed by atoms with van der Waals surface area (Å²) >= 11 is 0. The minimum absolute atomic E-state index is 0.178. The highest BCUT2D eigenvalue weighted by molar-refractivity contribution is 6.00. The van der Waals surface area contributed by atoms with Crippen LogP contribution in [0.25, 0.3) is 0 Å². The fourth-order valence-electron chi connectivity index (χ4n) is 2.30. The second-order valence-corrected chi connectivity index (χ2v) is 4.85. The standard InChI is InChI=1S/C14H19N3O2/c1-10(17-19)11-5-4-8-13(9-11)16-14(18)15-12-6-2-3-7-12/h4-5,8-9,12,19H,2-3,6-7H2,1H3,(H2,15,16,18). The van der Waals surface area contributed by atoms with E-state index in [9.17, 15) is 4.79 Å². The molecule has 0 bridgehead atoms. The molecule has 0 radical (unpaired) electrons. The maximum absolute atomic E-state index is 11.8. The van der Waals surface area contributed by atoms with E-state index in [1.54, 1.807) is 13.0 Å². The molecule has 0 aromatic heterocycles. The molecule has 5 nitrogen and oxygen atoms in total. The molecule has 3 N–H and O–H groups in total. The second-order valence-electron chi connectivity index (χ2n) is 4.85. The number of benzene rings is 1. The van der Waals surface area contributed by atoms with Gasteiger partial charge in [0.15, 0.2) is 0 Å². The molecule has 2 rings (SSSR count). The molecule has 1 saturated carbocycles. The van der Waals surface area contributed by atoms with Crippen molar-refractivity contribution in [3.8, 4) is 0 Å². The summed E-state index contributed by atoms with van der Waals surface area (Å²) in [6.45, 7) is 1.71. The normalized spacial score (nSPS) is 16.4. The van der Waals surface area contributed by atoms with Crippen LogP contribution in [-0.2, 0) is 0 Å². The van der Waals surface area contributed by atoms with Crippen molar-refractivity contribution in [1.29, 1.82) is 0 Å². The molecular formula is C14H19N3O2. The van der Waals surface area contributed by atoms with Crippen LogP contribution >= 0.6 is 0 Å². The number of hydrogen-bond donors (Lipinski definition) is 3. The molecular weight excluding hydrogens is 242 g/mol. The van der Waals surface area contributed by atoms with E-state index in [0.717, 1.165) is 18.4 Å². The Morgan fingerprint density at radius 1 is 1.37 bits per heavy atom. The van der Waals surface area contributed by atoms with Gasteiger partial charge in [-0.3, -0.25) is 0 Å². The van der Waals surface area contributed by atoms with Gasteiger partial charge in [0, 0.05) is 17.3 Å². The fourth-order valence-corrected chi connectivity index (χ4v) is 2.30. The number of amides is 2. The molecule has 5 heteroatoms. The highest BCUT2D eigenvalue weighted by Gasteiger charge is 2.16. The summed E-state index contributed by atoms with van der Waals surface area (Å²) in [5.41, 5.74) is 1.98. The maximum Gasteiger partial charge on any atom is 0.319 e. The SMILES string of the molecule is CC(=NO)c1cccc(NC(=O)NC2CCCC2)c1. The fraction of sp³-hybridized carbons (Fsp3) is 0.429. The molecule has 0 saturated heterocycles. The molecule has 0 aliphatic heterocycles. The first-order valence-electron chi connectivity index (χ1n) is 6.55. The molecule has 0 unspecified atom stereocenters. The number of carbonyl (C=O) groups excluding carboxylic acids is 1. The maximum atomic E-state index is 11.8. The van der Waals surface area contributed by atoms with Gasteiger partial charge in [-0.25, -0.2) is 4.79 Å². The zero-order valence-electron chi connectivity index (χ0n) is 11.0. The number of hydrogen-bond acceptors (Lipinski definition) is 3. The topological polar surface area (TPSA) is 73.7 Å². The number of nitrogens with one attached hydrogen (secondary N) is 2. The Morgan fingerprint density at radius 3 is 2.79 bits per heavy atom. The van der Waals surface area contributed by atoms with E-state index in [-0.39, 0.29) is 6.03 Å². The first-order valence-corrected chi connectivity index (χ1v) is 6.55. The lowest BCUT2D eigenvalue weighted by molar-refractivity contribution is 0.248. The first kappa shape index (κ1) is 13.4. The molecule has 1 fully saturated rings. The summed E-state index contributed by atoms with van der Waals surface area (Å²) in [6.07, 6.45) is 4.49. The van der Waals surface area contributed by atoms with Crippen LogP contribution in [0.4, 0.5) is 10.5 Å². The summed E-state index contributed by atoms with van der Waals surface area (Å²) in [7, 11) is 0. The van der Waals surface area contributed by atoms with Crippen LogP contribution in [0.15, 0.2) is 29.4 Å². The Balaban J connectivity index is 1.96. The summed E-state index contributed by atoms with van der Waals surface area (Å²) in [4.78, 5) is 11.8. The molecule has 1 aromatic carbocycles. The lowest BCUT2D eigenvalue weighted by Gasteiger charge is -2.13. The third kappa shape index (κ3) is 3.71. The number of oxime groups is 1. The number of nitrogens with zero attached hydrogens (tertiary/aromatic N) is 1. The van der Waals surface area contributed by atoms with Crippen LogP contribution in [0.3, 0.4) is 0 Å². The molecule has 1 aliphatic carbocycles. The molecule has 102 valence electrons. The Morgan fingerprint density at radius 2 is 2.11 bits per heavy atom. The van der Waals surface area contributed by atoms with Gasteiger partial charge >= 0.3 is 6.03 Å². The van der Waals surface area contributed by atoms with Crippen LogP contribution in [0.1, 0.15) is 38.2 Å². The Bertz CT molecular complexity index is 479. The van der Waals surface area contributed by atoms with Crippen LogP contribution in [0.5, 0.6) is 0 Å². The smallest absolute Gasteiger partial charge is 0.319 e. The molecule has 19 heavy (non-hydrogen) atoms. The van der Waals surface area contributed by atoms with Gasteiger partial charge in [-0.15, -0.1) is 0 Å². The first-order chi connectivity index (χ1) is 9.19. The summed E-state index contributed by atoms with van der Waals surface area (Å²) in [5, 5.41) is 17.7. The van der Waals surface area contributed by atoms with Gasteiger partial charge < -0.3 is 15.8 Å². The zero-order valence-corrected chi connectivity index (χ0v) is 11.0. The third-order valence-corrected chi connectivity index (χ3v) is 3.38. The number of rotatable bonds is 3. The summed E-state index contributed by atoms with van der Waals surface area (Å²) in [6, 6.07) is 7.35. The van der Waals surface area contributed by atoms with Crippen LogP contribution in [0, 0.1) is 0 Å². The van der Waals surface area contributed by atoms with Crippen molar-refractivity contribution in [1.82, 2.24) is 5.32 Å². The van der Waals surface area contributed by atoms with Crippen molar-refractivity contribution in [2.75, 3.05) is 5.32 Å². The van der Waals surface area contributed by atoms with E-state index in [2.05, 4.69) is 15.8 Å². The summed E-state index contributed by atoms with van der Waals surface area (Å²) in [5.74, 6) is 0. The third-order valence-electron chi connectivity index (χ3n) is 3.38. The van der Waals surface area contributed by atoms with Crippen molar-refractivity contribution in [2.24, 2.45) is 5.16 Å². The van der Waals surface area contributed by atoms with E-state index in [1.807, 2.05) is 18.2 Å². The van der Waals surface area contributed by atoms with Gasteiger partial charge in [0.05, 0.1) is 5.71 Å². The van der Waals surface area contributed by atoms with Crippen LogP contribution in [-0.4, -0.2) is 23.0 Å². The predicted molar refractivity (Wildman–Crippen MR) is 74.8 cm³/mol. The monoisotopic (exact) mass is 261 g/mol. The van der Waals surface area contributed by atoms with Crippen molar-refractivity contribution >= 4 is 17.4 Å². The number of urea groups is 1. The minimum atomic E-state index is -0.178. The Labute approximate surface area is 112 Å². The van der Waals surface area contributed by atoms with Gasteiger partial charge in [0.25, 0.3) is 0 Å². The van der Waals surface area contributed by atoms with Gasteiger partial charge in [-0.1, -0.05) is 30.1 Å². The van der Waals surface area contributed by atoms with Gasteiger partial charge in [0.1, 0.15) is 0 Å². The summed E-state index contributed by atoms with van der Waals surface area (Å²) < 4.78 is 0. The highest BCUT2D eigenvalue weighted by atomic mass is 16.4. The minimum Gasteiger partial charge on any atom is -0.411 e. The molecule has 0 spiro atoms. The van der Waals surface area contributed by atoms with Crippen molar-refractivity contribution in [2.45, 2.75) is 38.6 Å². The van der Waals surface area contributed by atoms with E-state index >= 15 is 0 Å². The van der Waals surface area contributed by atoms with Crippen molar-refractivity contribution in [3.05, 3.63) is 29.8 Å². The van der Waals surface area contributed by atoms with E-state index in [4.69, 9.17) is 5.21 Å². The van der Waals surface area contributed by atoms with Crippen molar-refractivity contribution in [3.63, 3.8) is 0 Å². The molecule has 0 heterocycles. The quantitative estimate of drug-likeness (QED) is 0.444. The zero-order chi connectivity index (χ0) is 13.7. The van der Waals surface area contributed by atoms with Crippen LogP contribution in [0.2, 0.25) is 0 Å². The van der Waals surface area contributed by atoms with Gasteiger partial charge in [-0.05, 0) is 31.9 Å². The van der Waals surface area contributed by atoms with E-state index < -0.39 is 0 Å². The van der Waals surface area contributed by atoms with Gasteiger partial charge in [0.2, 0.25) is 0 Å². The molecule has 2 amide bonds. The molecule has 1 aromatic rings. The van der Waals surface area contributed by atoms with E-state index in [1.165, 1.54) is 12.8 Å². The highest BCUT2D eigenvalue weighted by Crippen LogP contribution is 2.18. The molecule has 1 aliphatic rings. The lowest BCUT2D eigenvalue weighted by atomic mass is 10.1. The number of carbonyl (C=O) groups is 1. The largest absolute Gasteiger partial charge is 0.411 e. The van der Waals surface area contributed by atoms with Gasteiger partial charge in [-0.2, -0.15) is 0 Å². The predicted octanol–water partition coefficient (Wildman–Crippen LogP) is 2.95. The average Bonchev–Trinajstić information content (AvgIpc) is 2.90. The average molecular weight is 261 g/mol. The Hall–Kier alpha value is -2.04. The second kappa shape index (κ2) is 6.22. The molecule has 0 atom stereocenters. The van der Waals surface area contributed by atoms with E-state index in [0.29, 0.717) is 17.4 Å². The van der Waals surface area contributed by atoms with Crippen molar-refractivity contribution < 1.29 is 10.0 Å². The number of anilines is 1. The lowest BCUT2D eigenvalue weighted by Crippen LogP contribution is -2.36. The Kier molecular flexibility index (Phi) is 4.39. The van der Waals surface area contributed by atoms with Crippen LogP contribution < -0.4 is 10.6 Å².